The first-order valence-electron chi connectivity index (χ1n) is 6.82. The van der Waals surface area contributed by atoms with Crippen molar-refractivity contribution in [1.82, 2.24) is 4.90 Å². The third-order valence-corrected chi connectivity index (χ3v) is 4.34. The fourth-order valence-electron chi connectivity index (χ4n) is 3.18. The Morgan fingerprint density at radius 3 is 2.05 bits per heavy atom. The molecule has 0 aromatic rings. The lowest BCUT2D eigenvalue weighted by Crippen LogP contribution is -2.51. The number of piperidine rings is 1. The topological polar surface area (TPSA) is 74.7 Å². The standard InChI is InChI=1S/C14H21NO4/c1-13(2)7-10(16)15(11(17)8-13)9-14(12(18)19)5-3-4-6-14/h3-9H2,1-2H3,(H,18,19). The van der Waals surface area contributed by atoms with Crippen molar-refractivity contribution >= 4 is 17.8 Å². The van der Waals surface area contributed by atoms with Crippen LogP contribution >= 0.6 is 0 Å². The van der Waals surface area contributed by atoms with E-state index in [4.69, 9.17) is 0 Å². The molecule has 0 bridgehead atoms. The second-order valence-electron chi connectivity index (χ2n) is 6.68. The number of imide groups is 1. The first-order chi connectivity index (χ1) is 8.76. The molecule has 2 fully saturated rings. The van der Waals surface area contributed by atoms with E-state index in [1.54, 1.807) is 0 Å². The maximum absolute atomic E-state index is 12.1. The molecule has 1 aliphatic heterocycles. The van der Waals surface area contributed by atoms with Crippen LogP contribution in [0.4, 0.5) is 0 Å². The molecular formula is C14H21NO4. The van der Waals surface area contributed by atoms with Crippen LogP contribution in [-0.2, 0) is 14.4 Å². The normalized spacial score (nSPS) is 25.7. The Labute approximate surface area is 113 Å². The van der Waals surface area contributed by atoms with E-state index in [1.807, 2.05) is 13.8 Å². The van der Waals surface area contributed by atoms with Crippen molar-refractivity contribution in [3.05, 3.63) is 0 Å². The van der Waals surface area contributed by atoms with Gasteiger partial charge in [-0.25, -0.2) is 0 Å². The van der Waals surface area contributed by atoms with Crippen LogP contribution < -0.4 is 0 Å². The van der Waals surface area contributed by atoms with Crippen LogP contribution in [0.3, 0.4) is 0 Å². The van der Waals surface area contributed by atoms with E-state index in [0.29, 0.717) is 25.7 Å². The molecule has 5 nitrogen and oxygen atoms in total. The Bertz CT molecular complexity index is 401. The molecule has 0 radical (unpaired) electrons. The average molecular weight is 267 g/mol. The van der Waals surface area contributed by atoms with E-state index in [-0.39, 0.29) is 23.8 Å². The summed E-state index contributed by atoms with van der Waals surface area (Å²) in [5.41, 5.74) is -1.22. The Morgan fingerprint density at radius 1 is 1.16 bits per heavy atom. The highest BCUT2D eigenvalue weighted by Gasteiger charge is 2.47. The maximum Gasteiger partial charge on any atom is 0.311 e. The molecule has 5 heteroatoms. The number of rotatable bonds is 3. The molecule has 1 saturated heterocycles. The van der Waals surface area contributed by atoms with Gasteiger partial charge in [0, 0.05) is 19.4 Å². The zero-order valence-electron chi connectivity index (χ0n) is 11.6. The largest absolute Gasteiger partial charge is 0.481 e. The Hall–Kier alpha value is -1.39. The van der Waals surface area contributed by atoms with Crippen molar-refractivity contribution in [1.29, 1.82) is 0 Å². The van der Waals surface area contributed by atoms with Crippen molar-refractivity contribution in [3.63, 3.8) is 0 Å². The molecule has 19 heavy (non-hydrogen) atoms. The van der Waals surface area contributed by atoms with Gasteiger partial charge in [0.1, 0.15) is 0 Å². The second kappa shape index (κ2) is 4.62. The summed E-state index contributed by atoms with van der Waals surface area (Å²) in [6.07, 6.45) is 3.45. The quantitative estimate of drug-likeness (QED) is 0.791. The molecule has 0 unspecified atom stereocenters. The van der Waals surface area contributed by atoms with Gasteiger partial charge in [-0.3, -0.25) is 19.3 Å². The van der Waals surface area contributed by atoms with Gasteiger partial charge in [0.05, 0.1) is 5.41 Å². The summed E-state index contributed by atoms with van der Waals surface area (Å²) in [6, 6.07) is 0. The van der Waals surface area contributed by atoms with Gasteiger partial charge in [0.25, 0.3) is 0 Å². The van der Waals surface area contributed by atoms with Crippen molar-refractivity contribution in [2.75, 3.05) is 6.54 Å². The van der Waals surface area contributed by atoms with Crippen LogP contribution in [0.25, 0.3) is 0 Å². The highest BCUT2D eigenvalue weighted by atomic mass is 16.4. The monoisotopic (exact) mass is 267 g/mol. The zero-order valence-corrected chi connectivity index (χ0v) is 11.6. The van der Waals surface area contributed by atoms with Gasteiger partial charge in [-0.15, -0.1) is 0 Å². The lowest BCUT2D eigenvalue weighted by atomic mass is 9.79. The van der Waals surface area contributed by atoms with Crippen LogP contribution in [0, 0.1) is 10.8 Å². The van der Waals surface area contributed by atoms with Crippen molar-refractivity contribution < 1.29 is 19.5 Å². The molecule has 106 valence electrons. The molecule has 1 aliphatic carbocycles. The van der Waals surface area contributed by atoms with Gasteiger partial charge < -0.3 is 5.11 Å². The summed E-state index contributed by atoms with van der Waals surface area (Å²) >= 11 is 0. The van der Waals surface area contributed by atoms with Crippen LogP contribution in [0.15, 0.2) is 0 Å². The molecule has 1 N–H and O–H groups in total. The molecule has 0 aromatic carbocycles. The van der Waals surface area contributed by atoms with Crippen LogP contribution in [0.1, 0.15) is 52.4 Å². The molecule has 0 atom stereocenters. The van der Waals surface area contributed by atoms with E-state index in [0.717, 1.165) is 12.8 Å². The average Bonchev–Trinajstić information content (AvgIpc) is 2.72. The van der Waals surface area contributed by atoms with Gasteiger partial charge in [-0.05, 0) is 18.3 Å². The number of hydrogen-bond acceptors (Lipinski definition) is 3. The highest BCUT2D eigenvalue weighted by Crippen LogP contribution is 2.41. The van der Waals surface area contributed by atoms with Crippen molar-refractivity contribution in [2.45, 2.75) is 52.4 Å². The first-order valence-corrected chi connectivity index (χ1v) is 6.82. The molecule has 2 rings (SSSR count). The predicted molar refractivity (Wildman–Crippen MR) is 68.3 cm³/mol. The number of carbonyl (C=O) groups excluding carboxylic acids is 2. The Balaban J connectivity index is 2.16. The summed E-state index contributed by atoms with van der Waals surface area (Å²) in [5, 5.41) is 9.42. The van der Waals surface area contributed by atoms with Crippen LogP contribution in [0.2, 0.25) is 0 Å². The lowest BCUT2D eigenvalue weighted by Gasteiger charge is -2.38. The third-order valence-electron chi connectivity index (χ3n) is 4.34. The summed E-state index contributed by atoms with van der Waals surface area (Å²) in [5.74, 6) is -1.34. The van der Waals surface area contributed by atoms with E-state index in [2.05, 4.69) is 0 Å². The number of carboxylic acids is 1. The molecule has 1 heterocycles. The number of amides is 2. The maximum atomic E-state index is 12.1. The SMILES string of the molecule is CC1(C)CC(=O)N(CC2(C(=O)O)CCCC2)C(=O)C1. The highest BCUT2D eigenvalue weighted by molar-refractivity contribution is 5.99. The summed E-state index contributed by atoms with van der Waals surface area (Å²) in [6.45, 7) is 3.83. The van der Waals surface area contributed by atoms with Gasteiger partial charge in [-0.2, -0.15) is 0 Å². The number of nitrogens with zero attached hydrogens (tertiary/aromatic N) is 1. The minimum absolute atomic E-state index is 0.0517. The van der Waals surface area contributed by atoms with Crippen LogP contribution in [-0.4, -0.2) is 34.3 Å². The summed E-state index contributed by atoms with van der Waals surface area (Å²) < 4.78 is 0. The van der Waals surface area contributed by atoms with E-state index >= 15 is 0 Å². The predicted octanol–water partition coefficient (Wildman–Crippen LogP) is 1.81. The number of hydrogen-bond donors (Lipinski definition) is 1. The van der Waals surface area contributed by atoms with Gasteiger partial charge in [0.2, 0.25) is 11.8 Å². The summed E-state index contributed by atoms with van der Waals surface area (Å²) in [7, 11) is 0. The summed E-state index contributed by atoms with van der Waals surface area (Å²) in [4.78, 5) is 36.8. The first kappa shape index (κ1) is 14.0. The minimum atomic E-state index is -0.910. The van der Waals surface area contributed by atoms with E-state index < -0.39 is 11.4 Å². The molecule has 0 aromatic heterocycles. The number of likely N-dealkylation sites (tertiary alicyclic amines) is 1. The number of aliphatic carboxylic acids is 1. The number of carbonyl (C=O) groups is 3. The van der Waals surface area contributed by atoms with E-state index in [9.17, 15) is 19.5 Å². The van der Waals surface area contributed by atoms with E-state index in [1.165, 1.54) is 4.90 Å². The molecule has 0 spiro atoms. The lowest BCUT2D eigenvalue weighted by molar-refractivity contribution is -0.159. The van der Waals surface area contributed by atoms with Crippen LogP contribution in [0.5, 0.6) is 0 Å². The smallest absolute Gasteiger partial charge is 0.311 e. The fourth-order valence-corrected chi connectivity index (χ4v) is 3.18. The van der Waals surface area contributed by atoms with Gasteiger partial charge >= 0.3 is 5.97 Å². The molecule has 2 amide bonds. The molecular weight excluding hydrogens is 246 g/mol. The fraction of sp³-hybridized carbons (Fsp3) is 0.786. The Morgan fingerprint density at radius 2 is 1.63 bits per heavy atom. The zero-order chi connectivity index (χ0) is 14.3. The van der Waals surface area contributed by atoms with Gasteiger partial charge in [0.15, 0.2) is 0 Å². The van der Waals surface area contributed by atoms with Crippen molar-refractivity contribution in [2.24, 2.45) is 10.8 Å². The minimum Gasteiger partial charge on any atom is -0.481 e. The molecule has 1 saturated carbocycles. The second-order valence-corrected chi connectivity index (χ2v) is 6.68. The van der Waals surface area contributed by atoms with Crippen molar-refractivity contribution in [3.8, 4) is 0 Å². The Kier molecular flexibility index (Phi) is 3.41. The number of carboxylic acid groups (broad SMARTS) is 1. The van der Waals surface area contributed by atoms with Gasteiger partial charge in [-0.1, -0.05) is 26.7 Å². The molecule has 2 aliphatic rings. The third kappa shape index (κ3) is 2.65.